The van der Waals surface area contributed by atoms with Crippen molar-refractivity contribution in [3.8, 4) is 5.75 Å². The van der Waals surface area contributed by atoms with Gasteiger partial charge in [-0.25, -0.2) is 0 Å². The van der Waals surface area contributed by atoms with Crippen LogP contribution in [0, 0.1) is 0 Å². The van der Waals surface area contributed by atoms with E-state index in [1.807, 2.05) is 0 Å². The predicted molar refractivity (Wildman–Crippen MR) is 206 cm³/mol. The molecular formula is C40H73O2PS2Zn. The molecule has 0 amide bonds. The van der Waals surface area contributed by atoms with Crippen LogP contribution in [0.2, 0.25) is 0 Å². The van der Waals surface area contributed by atoms with Gasteiger partial charge < -0.3 is 33.9 Å². The van der Waals surface area contributed by atoms with E-state index in [4.69, 9.17) is 29.0 Å². The normalized spacial score (nSPS) is 11.6. The Morgan fingerprint density at radius 2 is 0.783 bits per heavy atom. The fourth-order valence-electron chi connectivity index (χ4n) is 6.55. The molecule has 0 N–H and O–H groups in total. The Bertz CT molecular complexity index is 774. The Hall–Kier alpha value is 0.733. The molecule has 1 rings (SSSR count). The number of hydrogen-bond donors (Lipinski definition) is 0. The first-order valence-electron chi connectivity index (χ1n) is 19.8. The third-order valence-electron chi connectivity index (χ3n) is 9.46. The number of aryl methyl sites for hydroxylation is 2. The number of benzene rings is 1. The zero-order valence-corrected chi connectivity index (χ0v) is 36.1. The summed E-state index contributed by atoms with van der Waals surface area (Å²) in [5.74, 6) is 0.673. The molecule has 0 bridgehead atoms. The fraction of sp³-hybridized carbons (Fsp3) is 0.850. The monoisotopic (exact) mass is 744 g/mol. The molecule has 46 heavy (non-hydrogen) atoms. The minimum Gasteiger partial charge on any atom is -0.682 e. The molecule has 0 radical (unpaired) electrons. The molecule has 0 aromatic heterocycles. The number of hydrogen-bond acceptors (Lipinski definition) is 4. The molecule has 0 aliphatic carbocycles. The molecule has 0 spiro atoms. The maximum Gasteiger partial charge on any atom is 2.00 e. The van der Waals surface area contributed by atoms with E-state index in [1.54, 1.807) is 0 Å². The molecule has 1 aromatic carbocycles. The van der Waals surface area contributed by atoms with E-state index in [2.05, 4.69) is 32.0 Å². The average molecular weight is 747 g/mol. The van der Waals surface area contributed by atoms with E-state index in [1.165, 1.54) is 192 Å². The van der Waals surface area contributed by atoms with Crippen molar-refractivity contribution in [2.24, 2.45) is 0 Å². The van der Waals surface area contributed by atoms with E-state index in [0.29, 0.717) is 5.75 Å². The van der Waals surface area contributed by atoms with E-state index in [-0.39, 0.29) is 19.5 Å². The molecule has 0 unspecified atom stereocenters. The average Bonchev–Trinajstić information content (AvgIpc) is 3.01. The van der Waals surface area contributed by atoms with Crippen LogP contribution < -0.4 is 9.42 Å². The molecule has 0 fully saturated rings. The molecule has 0 saturated carbocycles. The Morgan fingerprint density at radius 1 is 0.478 bits per heavy atom. The first-order valence-corrected chi connectivity index (χ1v) is 23.4. The molecule has 264 valence electrons. The summed E-state index contributed by atoms with van der Waals surface area (Å²) in [6.45, 7) is 4.58. The van der Waals surface area contributed by atoms with Crippen LogP contribution in [0.25, 0.3) is 0 Å². The summed E-state index contributed by atoms with van der Waals surface area (Å²) in [6, 6.07) is 6.46. The molecule has 0 aliphatic rings. The van der Waals surface area contributed by atoms with E-state index >= 15 is 0 Å². The van der Waals surface area contributed by atoms with E-state index in [9.17, 15) is 4.89 Å². The van der Waals surface area contributed by atoms with Crippen molar-refractivity contribution in [2.75, 3.05) is 0 Å². The first kappa shape index (κ1) is 46.7. The second kappa shape index (κ2) is 34.2. The van der Waals surface area contributed by atoms with Gasteiger partial charge in [0.2, 0.25) is 0 Å². The van der Waals surface area contributed by atoms with Crippen LogP contribution in [0.15, 0.2) is 18.2 Å². The van der Waals surface area contributed by atoms with E-state index < -0.39 is 6.12 Å². The van der Waals surface area contributed by atoms with Crippen molar-refractivity contribution in [3.05, 3.63) is 29.3 Å². The van der Waals surface area contributed by atoms with Crippen LogP contribution >= 0.6 is 6.12 Å². The molecule has 6 heteroatoms. The van der Waals surface area contributed by atoms with Crippen LogP contribution in [-0.2, 0) is 56.8 Å². The van der Waals surface area contributed by atoms with Crippen molar-refractivity contribution < 1.29 is 28.9 Å². The van der Waals surface area contributed by atoms with Gasteiger partial charge in [0.25, 0.3) is 0 Å². The summed E-state index contributed by atoms with van der Waals surface area (Å²) in [4.78, 5) is 12.2. The van der Waals surface area contributed by atoms with Gasteiger partial charge in [0.05, 0.1) is 0 Å². The SMILES string of the molecule is CCCCCCCCCCCCCCCCCc1ccc(CCCCCCCCCCCCCCCCC)c(O[P+]([O-])([S-])[S-])c1.[Zn+2]. The molecule has 0 heterocycles. The zero-order valence-electron chi connectivity index (χ0n) is 30.6. The van der Waals surface area contributed by atoms with Crippen molar-refractivity contribution in [2.45, 2.75) is 219 Å². The van der Waals surface area contributed by atoms with Gasteiger partial charge >= 0.3 is 19.5 Å². The maximum absolute atomic E-state index is 12.2. The third-order valence-corrected chi connectivity index (χ3v) is 10.3. The van der Waals surface area contributed by atoms with Gasteiger partial charge in [-0.05, 0) is 42.9 Å². The maximum atomic E-state index is 12.2. The fourth-order valence-corrected chi connectivity index (χ4v) is 7.45. The zero-order chi connectivity index (χ0) is 32.7. The molecule has 2 nitrogen and oxygen atoms in total. The molecule has 1 aromatic rings. The second-order valence-corrected chi connectivity index (χ2v) is 18.5. The Kier molecular flexibility index (Phi) is 34.7. The van der Waals surface area contributed by atoms with Gasteiger partial charge in [-0.2, -0.15) is 0 Å². The summed E-state index contributed by atoms with van der Waals surface area (Å²) < 4.78 is 5.66. The van der Waals surface area contributed by atoms with Crippen molar-refractivity contribution in [1.82, 2.24) is 0 Å². The van der Waals surface area contributed by atoms with Gasteiger partial charge in [0.15, 0.2) is 5.75 Å². The Labute approximate surface area is 312 Å². The van der Waals surface area contributed by atoms with Gasteiger partial charge in [-0.15, -0.1) is 6.12 Å². The van der Waals surface area contributed by atoms with Crippen LogP contribution in [0.4, 0.5) is 0 Å². The molecule has 0 atom stereocenters. The smallest absolute Gasteiger partial charge is 0.682 e. The van der Waals surface area contributed by atoms with Gasteiger partial charge in [0, 0.05) is 0 Å². The van der Waals surface area contributed by atoms with Gasteiger partial charge in [-0.3, -0.25) is 0 Å². The number of unbranched alkanes of at least 4 members (excludes halogenated alkanes) is 28. The Morgan fingerprint density at radius 3 is 1.11 bits per heavy atom. The summed E-state index contributed by atoms with van der Waals surface area (Å²) >= 11 is 9.95. The third kappa shape index (κ3) is 30.8. The standard InChI is InChI=1S/C40H75O2PS2.Zn/c1-3-5-7-9-11-13-15-17-19-21-23-25-27-29-31-33-38-35-36-39(40(37-38)42-43(41,44)45)34-32-30-28-26-24-22-20-18-16-14-12-10-8-6-4-2;/h35-37H,3-34H2,1-2H3,(H2,41,44,45);/q;+2/p-2. The molecular weight excluding hydrogens is 673 g/mol. The minimum atomic E-state index is -3.41. The molecule has 0 saturated heterocycles. The quantitative estimate of drug-likeness (QED) is 0.0304. The van der Waals surface area contributed by atoms with Crippen LogP contribution in [0.3, 0.4) is 0 Å². The summed E-state index contributed by atoms with van der Waals surface area (Å²) in [5, 5.41) is 0. The van der Waals surface area contributed by atoms with Crippen LogP contribution in [0.5, 0.6) is 5.75 Å². The summed E-state index contributed by atoms with van der Waals surface area (Å²) in [5.41, 5.74) is 2.36. The van der Waals surface area contributed by atoms with Crippen molar-refractivity contribution in [1.29, 1.82) is 0 Å². The number of rotatable bonds is 34. The van der Waals surface area contributed by atoms with E-state index in [0.717, 1.165) is 24.8 Å². The Balaban J connectivity index is 0.0000202. The topological polar surface area (TPSA) is 32.3 Å². The van der Waals surface area contributed by atoms with Crippen molar-refractivity contribution >= 4 is 30.6 Å². The van der Waals surface area contributed by atoms with Gasteiger partial charge in [-0.1, -0.05) is 206 Å². The minimum absolute atomic E-state index is 0. The van der Waals surface area contributed by atoms with Crippen molar-refractivity contribution in [3.63, 3.8) is 0 Å². The largest absolute Gasteiger partial charge is 2.00 e. The molecule has 0 aliphatic heterocycles. The van der Waals surface area contributed by atoms with Crippen LogP contribution in [-0.4, -0.2) is 0 Å². The van der Waals surface area contributed by atoms with Crippen LogP contribution in [0.1, 0.15) is 218 Å². The summed E-state index contributed by atoms with van der Waals surface area (Å²) in [6.07, 6.45) is 39.8. The first-order chi connectivity index (χ1) is 22.0. The second-order valence-electron chi connectivity index (χ2n) is 13.9. The predicted octanol–water partition coefficient (Wildman–Crippen LogP) is 14.0. The summed E-state index contributed by atoms with van der Waals surface area (Å²) in [7, 11) is 0. The van der Waals surface area contributed by atoms with Gasteiger partial charge in [0.1, 0.15) is 0 Å².